The summed E-state index contributed by atoms with van der Waals surface area (Å²) in [4.78, 5) is 0. The Morgan fingerprint density at radius 2 is 2.33 bits per heavy atom. The lowest BCUT2D eigenvalue weighted by molar-refractivity contribution is 0.321. The van der Waals surface area contributed by atoms with Crippen molar-refractivity contribution >= 4 is 6.21 Å². The minimum atomic E-state index is -0.477. The molecule has 1 N–H and O–H groups in total. The fraction of sp³-hybridized carbons (Fsp3) is 0.125. The van der Waals surface area contributed by atoms with Crippen LogP contribution in [-0.4, -0.2) is 18.5 Å². The van der Waals surface area contributed by atoms with Gasteiger partial charge < -0.3 is 9.94 Å². The molecular weight excluding hydrogens is 161 g/mol. The molecule has 0 saturated heterocycles. The van der Waals surface area contributed by atoms with Crippen LogP contribution >= 0.6 is 0 Å². The molecule has 1 aromatic carbocycles. The van der Waals surface area contributed by atoms with E-state index >= 15 is 0 Å². The molecule has 0 unspecified atom stereocenters. The van der Waals surface area contributed by atoms with Crippen molar-refractivity contribution in [3.05, 3.63) is 29.6 Å². The minimum absolute atomic E-state index is 0.0790. The molecule has 1 rings (SSSR count). The van der Waals surface area contributed by atoms with Crippen LogP contribution in [0, 0.1) is 5.82 Å². The maximum absolute atomic E-state index is 12.9. The monoisotopic (exact) mass is 169 g/mol. The quantitative estimate of drug-likeness (QED) is 0.415. The SMILES string of the molecule is COc1c(F)cccc1C=NO. The summed E-state index contributed by atoms with van der Waals surface area (Å²) in [5.74, 6) is -0.398. The van der Waals surface area contributed by atoms with E-state index in [9.17, 15) is 4.39 Å². The molecule has 0 aliphatic carbocycles. The number of nitrogens with zero attached hydrogens (tertiary/aromatic N) is 1. The number of benzene rings is 1. The van der Waals surface area contributed by atoms with Crippen molar-refractivity contribution in [3.8, 4) is 5.75 Å². The molecule has 0 saturated carbocycles. The first-order valence-electron chi connectivity index (χ1n) is 3.29. The first-order chi connectivity index (χ1) is 5.79. The van der Waals surface area contributed by atoms with Gasteiger partial charge in [-0.25, -0.2) is 4.39 Å². The van der Waals surface area contributed by atoms with Crippen LogP contribution in [0.3, 0.4) is 0 Å². The molecule has 0 spiro atoms. The average Bonchev–Trinajstić information content (AvgIpc) is 2.05. The Morgan fingerprint density at radius 3 is 2.92 bits per heavy atom. The van der Waals surface area contributed by atoms with E-state index in [1.54, 1.807) is 6.07 Å². The molecule has 0 bridgehead atoms. The topological polar surface area (TPSA) is 41.8 Å². The van der Waals surface area contributed by atoms with Crippen LogP contribution in [0.15, 0.2) is 23.4 Å². The van der Waals surface area contributed by atoms with Gasteiger partial charge in [-0.15, -0.1) is 0 Å². The number of oxime groups is 1. The zero-order valence-electron chi connectivity index (χ0n) is 6.49. The largest absolute Gasteiger partial charge is 0.493 e. The highest BCUT2D eigenvalue weighted by Crippen LogP contribution is 2.19. The molecule has 0 heterocycles. The van der Waals surface area contributed by atoms with E-state index in [1.165, 1.54) is 19.2 Å². The van der Waals surface area contributed by atoms with Crippen molar-refractivity contribution in [2.45, 2.75) is 0 Å². The molecule has 0 aliphatic rings. The predicted molar refractivity (Wildman–Crippen MR) is 42.3 cm³/mol. The van der Waals surface area contributed by atoms with Gasteiger partial charge in [-0.05, 0) is 12.1 Å². The third-order valence-corrected chi connectivity index (χ3v) is 1.40. The second-order valence-electron chi connectivity index (χ2n) is 2.11. The van der Waals surface area contributed by atoms with Gasteiger partial charge in [0.25, 0.3) is 0 Å². The predicted octanol–water partition coefficient (Wildman–Crippen LogP) is 1.64. The molecule has 1 aromatic rings. The van der Waals surface area contributed by atoms with E-state index in [4.69, 9.17) is 9.94 Å². The van der Waals surface area contributed by atoms with Crippen LogP contribution in [-0.2, 0) is 0 Å². The van der Waals surface area contributed by atoms with Gasteiger partial charge in [0, 0.05) is 5.56 Å². The maximum atomic E-state index is 12.9. The lowest BCUT2D eigenvalue weighted by Crippen LogP contribution is -1.93. The average molecular weight is 169 g/mol. The van der Waals surface area contributed by atoms with Crippen molar-refractivity contribution in [2.24, 2.45) is 5.16 Å². The third-order valence-electron chi connectivity index (χ3n) is 1.40. The summed E-state index contributed by atoms with van der Waals surface area (Å²) >= 11 is 0. The number of methoxy groups -OCH3 is 1. The smallest absolute Gasteiger partial charge is 0.165 e. The van der Waals surface area contributed by atoms with Crippen LogP contribution < -0.4 is 4.74 Å². The van der Waals surface area contributed by atoms with E-state index in [0.29, 0.717) is 5.56 Å². The van der Waals surface area contributed by atoms with Gasteiger partial charge in [0.05, 0.1) is 13.3 Å². The lowest BCUT2D eigenvalue weighted by Gasteiger charge is -2.03. The molecule has 0 radical (unpaired) electrons. The lowest BCUT2D eigenvalue weighted by atomic mass is 10.2. The molecule has 12 heavy (non-hydrogen) atoms. The summed E-state index contributed by atoms with van der Waals surface area (Å²) in [7, 11) is 1.35. The summed E-state index contributed by atoms with van der Waals surface area (Å²) in [5, 5.41) is 11.0. The minimum Gasteiger partial charge on any atom is -0.493 e. The van der Waals surface area contributed by atoms with Crippen molar-refractivity contribution in [1.82, 2.24) is 0 Å². The van der Waals surface area contributed by atoms with Crippen molar-refractivity contribution in [3.63, 3.8) is 0 Å². The Bertz CT molecular complexity index is 299. The number of hydrogen-bond donors (Lipinski definition) is 1. The van der Waals surface area contributed by atoms with Gasteiger partial charge >= 0.3 is 0 Å². The molecule has 3 nitrogen and oxygen atoms in total. The summed E-state index contributed by atoms with van der Waals surface area (Å²) in [6.07, 6.45) is 1.11. The van der Waals surface area contributed by atoms with Gasteiger partial charge in [-0.1, -0.05) is 11.2 Å². The van der Waals surface area contributed by atoms with Crippen LogP contribution in [0.1, 0.15) is 5.56 Å². The Hall–Kier alpha value is -1.58. The zero-order chi connectivity index (χ0) is 8.97. The highest BCUT2D eigenvalue weighted by Gasteiger charge is 2.05. The number of hydrogen-bond acceptors (Lipinski definition) is 3. The van der Waals surface area contributed by atoms with E-state index in [1.807, 2.05) is 0 Å². The van der Waals surface area contributed by atoms with Gasteiger partial charge in [0.15, 0.2) is 11.6 Å². The van der Waals surface area contributed by atoms with E-state index in [0.717, 1.165) is 6.21 Å². The van der Waals surface area contributed by atoms with Gasteiger partial charge in [-0.3, -0.25) is 0 Å². The Labute approximate surface area is 69.1 Å². The van der Waals surface area contributed by atoms with E-state index < -0.39 is 5.82 Å². The van der Waals surface area contributed by atoms with Gasteiger partial charge in [0.1, 0.15) is 0 Å². The normalized spacial score (nSPS) is 10.5. The maximum Gasteiger partial charge on any atom is 0.165 e. The summed E-state index contributed by atoms with van der Waals surface area (Å²) in [5.41, 5.74) is 0.403. The molecule has 64 valence electrons. The fourth-order valence-electron chi connectivity index (χ4n) is 0.905. The highest BCUT2D eigenvalue weighted by molar-refractivity contribution is 5.83. The van der Waals surface area contributed by atoms with Gasteiger partial charge in [-0.2, -0.15) is 0 Å². The van der Waals surface area contributed by atoms with Crippen LogP contribution in [0.25, 0.3) is 0 Å². The first kappa shape index (κ1) is 8.52. The second kappa shape index (κ2) is 3.71. The molecule has 0 fully saturated rings. The van der Waals surface area contributed by atoms with Gasteiger partial charge in [0.2, 0.25) is 0 Å². The first-order valence-corrected chi connectivity index (χ1v) is 3.29. The van der Waals surface area contributed by atoms with Crippen LogP contribution in [0.4, 0.5) is 4.39 Å². The van der Waals surface area contributed by atoms with Crippen molar-refractivity contribution in [1.29, 1.82) is 0 Å². The van der Waals surface area contributed by atoms with Crippen molar-refractivity contribution < 1.29 is 14.3 Å². The Balaban J connectivity index is 3.18. The molecule has 0 aromatic heterocycles. The summed E-state index contributed by atoms with van der Waals surface area (Å²) in [6, 6.07) is 4.37. The standard InChI is InChI=1S/C8H8FNO2/c1-12-8-6(5-10-11)3-2-4-7(8)9/h2-5,11H,1H3. The summed E-state index contributed by atoms with van der Waals surface area (Å²) < 4.78 is 17.7. The summed E-state index contributed by atoms with van der Waals surface area (Å²) in [6.45, 7) is 0. The molecule has 0 amide bonds. The molecule has 4 heteroatoms. The highest BCUT2D eigenvalue weighted by atomic mass is 19.1. The number of halogens is 1. The van der Waals surface area contributed by atoms with E-state index in [2.05, 4.69) is 5.16 Å². The second-order valence-corrected chi connectivity index (χ2v) is 2.11. The number of para-hydroxylation sites is 1. The van der Waals surface area contributed by atoms with Crippen LogP contribution in [0.2, 0.25) is 0 Å². The number of ether oxygens (including phenoxy) is 1. The Kier molecular flexibility index (Phi) is 2.63. The molecule has 0 atom stereocenters. The fourth-order valence-corrected chi connectivity index (χ4v) is 0.905. The molecular formula is C8H8FNO2. The Morgan fingerprint density at radius 1 is 1.58 bits per heavy atom. The van der Waals surface area contributed by atoms with Crippen LogP contribution in [0.5, 0.6) is 5.75 Å². The van der Waals surface area contributed by atoms with E-state index in [-0.39, 0.29) is 5.75 Å². The molecule has 0 aliphatic heterocycles. The number of rotatable bonds is 2. The third kappa shape index (κ3) is 1.53. The zero-order valence-corrected chi connectivity index (χ0v) is 6.49. The van der Waals surface area contributed by atoms with Crippen molar-refractivity contribution in [2.75, 3.05) is 7.11 Å².